The highest BCUT2D eigenvalue weighted by Gasteiger charge is 2.08. The van der Waals surface area contributed by atoms with Crippen molar-refractivity contribution < 1.29 is 4.79 Å². The van der Waals surface area contributed by atoms with Crippen LogP contribution in [-0.4, -0.2) is 57.2 Å². The van der Waals surface area contributed by atoms with Crippen molar-refractivity contribution in [2.75, 3.05) is 20.1 Å². The highest BCUT2D eigenvalue weighted by molar-refractivity contribution is 5.78. The molecule has 1 N–H and O–H groups in total. The van der Waals surface area contributed by atoms with Crippen molar-refractivity contribution in [3.63, 3.8) is 0 Å². The van der Waals surface area contributed by atoms with E-state index in [2.05, 4.69) is 46.6 Å². The number of aromatic nitrogens is 4. The van der Waals surface area contributed by atoms with Crippen molar-refractivity contribution in [3.8, 4) is 5.69 Å². The number of nitrogens with one attached hydrogen (secondary N) is 1. The second-order valence-corrected chi connectivity index (χ2v) is 5.69. The minimum Gasteiger partial charge on any atom is -0.355 e. The monoisotopic (exact) mass is 316 g/mol. The first kappa shape index (κ1) is 17.1. The minimum atomic E-state index is 0.0396. The predicted octanol–water partition coefficient (Wildman–Crippen LogP) is 1.05. The maximum absolute atomic E-state index is 12.0. The number of amides is 1. The topological polar surface area (TPSA) is 75.9 Å². The molecule has 7 nitrogen and oxygen atoms in total. The Balaban J connectivity index is 1.77. The lowest BCUT2D eigenvalue weighted by atomic mass is 10.1. The third-order valence-corrected chi connectivity index (χ3v) is 4.04. The summed E-state index contributed by atoms with van der Waals surface area (Å²) in [5, 5.41) is 14.0. The molecule has 0 saturated heterocycles. The number of carbonyl (C=O) groups excluding carboxylic acids is 1. The van der Waals surface area contributed by atoms with E-state index in [1.807, 2.05) is 24.3 Å². The molecular weight excluding hydrogens is 292 g/mol. The van der Waals surface area contributed by atoms with Gasteiger partial charge in [0.25, 0.3) is 0 Å². The van der Waals surface area contributed by atoms with E-state index in [4.69, 9.17) is 0 Å². The van der Waals surface area contributed by atoms with Crippen LogP contribution in [0.5, 0.6) is 0 Å². The van der Waals surface area contributed by atoms with Gasteiger partial charge in [-0.25, -0.2) is 4.68 Å². The molecule has 2 rings (SSSR count). The summed E-state index contributed by atoms with van der Waals surface area (Å²) in [5.41, 5.74) is 1.84. The zero-order valence-corrected chi connectivity index (χ0v) is 13.9. The molecule has 0 fully saturated rings. The molecule has 0 aliphatic carbocycles. The first-order valence-corrected chi connectivity index (χ1v) is 7.89. The SMILES string of the molecule is CC[C@@H](C)N(C)CCNC(=O)Cc1ccc(-n2cnnn2)cc1. The number of tetrazole rings is 1. The van der Waals surface area contributed by atoms with Crippen LogP contribution in [-0.2, 0) is 11.2 Å². The Bertz CT molecular complexity index is 596. The first-order chi connectivity index (χ1) is 11.1. The lowest BCUT2D eigenvalue weighted by Crippen LogP contribution is -2.37. The van der Waals surface area contributed by atoms with E-state index in [0.29, 0.717) is 19.0 Å². The summed E-state index contributed by atoms with van der Waals surface area (Å²) in [6.45, 7) is 5.88. The molecule has 0 aliphatic heterocycles. The predicted molar refractivity (Wildman–Crippen MR) is 88.3 cm³/mol. The number of hydrogen-bond donors (Lipinski definition) is 1. The molecule has 1 aromatic heterocycles. The Morgan fingerprint density at radius 3 is 2.70 bits per heavy atom. The molecule has 0 radical (unpaired) electrons. The van der Waals surface area contributed by atoms with Gasteiger partial charge in [-0.15, -0.1) is 5.10 Å². The summed E-state index contributed by atoms with van der Waals surface area (Å²) in [6, 6.07) is 8.17. The van der Waals surface area contributed by atoms with Crippen LogP contribution in [0.15, 0.2) is 30.6 Å². The van der Waals surface area contributed by atoms with Gasteiger partial charge in [-0.1, -0.05) is 19.1 Å². The maximum Gasteiger partial charge on any atom is 0.224 e. The van der Waals surface area contributed by atoms with Crippen LogP contribution in [0, 0.1) is 0 Å². The van der Waals surface area contributed by atoms with E-state index >= 15 is 0 Å². The summed E-state index contributed by atoms with van der Waals surface area (Å²) in [6.07, 6.45) is 3.02. The van der Waals surface area contributed by atoms with Crippen LogP contribution in [0.2, 0.25) is 0 Å². The Hall–Kier alpha value is -2.28. The van der Waals surface area contributed by atoms with Gasteiger partial charge in [-0.2, -0.15) is 0 Å². The Labute approximate surface area is 136 Å². The smallest absolute Gasteiger partial charge is 0.224 e. The largest absolute Gasteiger partial charge is 0.355 e. The number of hydrogen-bond acceptors (Lipinski definition) is 5. The Kier molecular flexibility index (Phi) is 6.22. The van der Waals surface area contributed by atoms with E-state index in [-0.39, 0.29) is 5.91 Å². The van der Waals surface area contributed by atoms with Crippen LogP contribution >= 0.6 is 0 Å². The van der Waals surface area contributed by atoms with Crippen LogP contribution in [0.1, 0.15) is 25.8 Å². The fourth-order valence-corrected chi connectivity index (χ4v) is 2.20. The average Bonchev–Trinajstić information content (AvgIpc) is 3.09. The molecule has 0 bridgehead atoms. The lowest BCUT2D eigenvalue weighted by molar-refractivity contribution is -0.120. The van der Waals surface area contributed by atoms with Crippen LogP contribution in [0.25, 0.3) is 5.69 Å². The van der Waals surface area contributed by atoms with Crippen LogP contribution in [0.4, 0.5) is 0 Å². The van der Waals surface area contributed by atoms with Crippen molar-refractivity contribution in [3.05, 3.63) is 36.2 Å². The molecule has 1 atom stereocenters. The summed E-state index contributed by atoms with van der Waals surface area (Å²) in [7, 11) is 2.08. The van der Waals surface area contributed by atoms with Gasteiger partial charge in [0.15, 0.2) is 0 Å². The summed E-state index contributed by atoms with van der Waals surface area (Å²) in [5.74, 6) is 0.0396. The van der Waals surface area contributed by atoms with Crippen molar-refractivity contribution in [2.24, 2.45) is 0 Å². The molecular formula is C16H24N6O. The van der Waals surface area contributed by atoms with Crippen molar-refractivity contribution >= 4 is 5.91 Å². The number of nitrogens with zero attached hydrogens (tertiary/aromatic N) is 5. The van der Waals surface area contributed by atoms with Crippen LogP contribution < -0.4 is 5.32 Å². The molecule has 0 spiro atoms. The molecule has 0 saturated carbocycles. The molecule has 0 unspecified atom stereocenters. The van der Waals surface area contributed by atoms with Crippen molar-refractivity contribution in [1.29, 1.82) is 0 Å². The van der Waals surface area contributed by atoms with E-state index in [0.717, 1.165) is 24.2 Å². The van der Waals surface area contributed by atoms with Crippen molar-refractivity contribution in [1.82, 2.24) is 30.4 Å². The zero-order chi connectivity index (χ0) is 16.7. The molecule has 0 aliphatic rings. The number of benzene rings is 1. The number of carbonyl (C=O) groups is 1. The van der Waals surface area contributed by atoms with E-state index in [1.54, 1.807) is 4.68 Å². The van der Waals surface area contributed by atoms with Crippen LogP contribution in [0.3, 0.4) is 0 Å². The summed E-state index contributed by atoms with van der Waals surface area (Å²) >= 11 is 0. The van der Waals surface area contributed by atoms with Gasteiger partial charge in [0, 0.05) is 19.1 Å². The van der Waals surface area contributed by atoms with Gasteiger partial charge < -0.3 is 10.2 Å². The highest BCUT2D eigenvalue weighted by Crippen LogP contribution is 2.08. The van der Waals surface area contributed by atoms with Gasteiger partial charge in [0.2, 0.25) is 5.91 Å². The molecule has 124 valence electrons. The quantitative estimate of drug-likeness (QED) is 0.788. The molecule has 2 aromatic rings. The third kappa shape index (κ3) is 5.14. The van der Waals surface area contributed by atoms with Gasteiger partial charge in [-0.3, -0.25) is 4.79 Å². The van der Waals surface area contributed by atoms with E-state index in [1.165, 1.54) is 6.33 Å². The standard InChI is InChI=1S/C16H24N6O/c1-4-13(2)21(3)10-9-17-16(23)11-14-5-7-15(8-6-14)22-12-18-19-20-22/h5-8,12-13H,4,9-11H2,1-3H3,(H,17,23)/t13-/m1/s1. The Morgan fingerprint density at radius 1 is 1.35 bits per heavy atom. The third-order valence-electron chi connectivity index (χ3n) is 4.04. The van der Waals surface area contributed by atoms with Crippen molar-refractivity contribution in [2.45, 2.75) is 32.7 Å². The van der Waals surface area contributed by atoms with Gasteiger partial charge in [0.1, 0.15) is 6.33 Å². The molecule has 23 heavy (non-hydrogen) atoms. The Morgan fingerprint density at radius 2 is 2.09 bits per heavy atom. The van der Waals surface area contributed by atoms with Gasteiger partial charge in [-0.05, 0) is 48.5 Å². The fourth-order valence-electron chi connectivity index (χ4n) is 2.20. The average molecular weight is 316 g/mol. The molecule has 7 heteroatoms. The van der Waals surface area contributed by atoms with Gasteiger partial charge in [0.05, 0.1) is 12.1 Å². The fraction of sp³-hybridized carbons (Fsp3) is 0.500. The minimum absolute atomic E-state index is 0.0396. The number of rotatable bonds is 8. The molecule has 1 aromatic carbocycles. The first-order valence-electron chi connectivity index (χ1n) is 7.89. The number of likely N-dealkylation sites (N-methyl/N-ethyl adjacent to an activating group) is 1. The molecule has 1 amide bonds. The van der Waals surface area contributed by atoms with Gasteiger partial charge >= 0.3 is 0 Å². The summed E-state index contributed by atoms with van der Waals surface area (Å²) < 4.78 is 1.58. The normalized spacial score (nSPS) is 12.3. The molecule has 1 heterocycles. The second-order valence-electron chi connectivity index (χ2n) is 5.69. The van der Waals surface area contributed by atoms with E-state index in [9.17, 15) is 4.79 Å². The summed E-state index contributed by atoms with van der Waals surface area (Å²) in [4.78, 5) is 14.2. The zero-order valence-electron chi connectivity index (χ0n) is 13.9. The van der Waals surface area contributed by atoms with E-state index < -0.39 is 0 Å². The highest BCUT2D eigenvalue weighted by atomic mass is 16.1. The lowest BCUT2D eigenvalue weighted by Gasteiger charge is -2.23. The second kappa shape index (κ2) is 8.38. The maximum atomic E-state index is 12.0.